The van der Waals surface area contributed by atoms with E-state index in [-0.39, 0.29) is 0 Å². The second-order valence-electron chi connectivity index (χ2n) is 1.86. The second-order valence-corrected chi connectivity index (χ2v) is 2.07. The summed E-state index contributed by atoms with van der Waals surface area (Å²) in [6, 6.07) is 7.15. The third-order valence-corrected chi connectivity index (χ3v) is 1.48. The first-order valence-corrected chi connectivity index (χ1v) is 3.30. The molecule has 0 aromatic heterocycles. The summed E-state index contributed by atoms with van der Waals surface area (Å²) in [6.07, 6.45) is 0.786. The van der Waals surface area contributed by atoms with Gasteiger partial charge in [0, 0.05) is 5.56 Å². The molecule has 1 aromatic rings. The van der Waals surface area contributed by atoms with Crippen LogP contribution in [0.1, 0.15) is 15.9 Å². The Balaban J connectivity index is 3.08. The standard InChI is InChI=1S/C8H6ClO/c9-5-7-3-1-2-4-8(7)6-10/h1-6H. The van der Waals surface area contributed by atoms with Gasteiger partial charge in [-0.3, -0.25) is 4.79 Å². The summed E-state index contributed by atoms with van der Waals surface area (Å²) < 4.78 is 0. The maximum Gasteiger partial charge on any atom is 0.150 e. The quantitative estimate of drug-likeness (QED) is 0.596. The minimum Gasteiger partial charge on any atom is -0.298 e. The maximum absolute atomic E-state index is 10.3. The largest absolute Gasteiger partial charge is 0.298 e. The van der Waals surface area contributed by atoms with Crippen LogP contribution >= 0.6 is 11.6 Å². The highest BCUT2D eigenvalue weighted by Crippen LogP contribution is 2.09. The zero-order valence-electron chi connectivity index (χ0n) is 5.25. The van der Waals surface area contributed by atoms with Gasteiger partial charge >= 0.3 is 0 Å². The Morgan fingerprint density at radius 3 is 2.20 bits per heavy atom. The summed E-state index contributed by atoms with van der Waals surface area (Å²) in [5.41, 5.74) is 1.39. The van der Waals surface area contributed by atoms with Gasteiger partial charge < -0.3 is 0 Å². The zero-order valence-corrected chi connectivity index (χ0v) is 6.01. The van der Waals surface area contributed by atoms with E-state index in [9.17, 15) is 4.79 Å². The van der Waals surface area contributed by atoms with E-state index in [4.69, 9.17) is 11.6 Å². The van der Waals surface area contributed by atoms with Crippen molar-refractivity contribution in [3.05, 3.63) is 41.3 Å². The topological polar surface area (TPSA) is 17.1 Å². The van der Waals surface area contributed by atoms with Crippen LogP contribution in [0.3, 0.4) is 0 Å². The number of carbonyl (C=O) groups excluding carboxylic acids is 1. The van der Waals surface area contributed by atoms with Crippen LogP contribution in [0.25, 0.3) is 0 Å². The summed E-state index contributed by atoms with van der Waals surface area (Å²) in [5.74, 6) is 1.39. The van der Waals surface area contributed by atoms with Crippen LogP contribution in [-0.4, -0.2) is 6.29 Å². The lowest BCUT2D eigenvalue weighted by Gasteiger charge is -1.95. The highest BCUT2D eigenvalue weighted by molar-refractivity contribution is 6.25. The molecule has 1 radical (unpaired) electrons. The third-order valence-electron chi connectivity index (χ3n) is 1.24. The van der Waals surface area contributed by atoms with Gasteiger partial charge in [0.2, 0.25) is 0 Å². The highest BCUT2D eigenvalue weighted by atomic mass is 35.5. The maximum atomic E-state index is 10.3. The van der Waals surface area contributed by atoms with E-state index in [0.29, 0.717) is 5.56 Å². The lowest BCUT2D eigenvalue weighted by Crippen LogP contribution is -1.85. The molecular formula is C8H6ClO. The molecule has 10 heavy (non-hydrogen) atoms. The van der Waals surface area contributed by atoms with Crippen molar-refractivity contribution in [3.8, 4) is 0 Å². The molecule has 2 heteroatoms. The molecule has 0 heterocycles. The van der Waals surface area contributed by atoms with Gasteiger partial charge in [0.25, 0.3) is 0 Å². The minimum atomic E-state index is 0.623. The molecule has 0 aliphatic carbocycles. The number of halogens is 1. The number of rotatable bonds is 2. The molecule has 0 unspecified atom stereocenters. The molecule has 0 atom stereocenters. The molecular weight excluding hydrogens is 148 g/mol. The molecule has 0 N–H and O–H groups in total. The van der Waals surface area contributed by atoms with Crippen molar-refractivity contribution in [2.75, 3.05) is 0 Å². The fourth-order valence-corrected chi connectivity index (χ4v) is 0.916. The minimum absolute atomic E-state index is 0.623. The monoisotopic (exact) mass is 153 g/mol. The Kier molecular flexibility index (Phi) is 2.46. The van der Waals surface area contributed by atoms with E-state index in [1.807, 2.05) is 6.07 Å². The van der Waals surface area contributed by atoms with Gasteiger partial charge in [-0.2, -0.15) is 0 Å². The lowest BCUT2D eigenvalue weighted by molar-refractivity contribution is 0.112. The normalized spacial score (nSPS) is 9.30. The third kappa shape index (κ3) is 1.36. The molecule has 0 saturated carbocycles. The number of benzene rings is 1. The van der Waals surface area contributed by atoms with E-state index in [0.717, 1.165) is 11.8 Å². The second kappa shape index (κ2) is 3.37. The van der Waals surface area contributed by atoms with Gasteiger partial charge in [-0.1, -0.05) is 24.3 Å². The molecule has 0 amide bonds. The SMILES string of the molecule is O=Cc1ccccc1[CH]Cl. The van der Waals surface area contributed by atoms with Crippen LogP contribution in [0.2, 0.25) is 0 Å². The predicted molar refractivity (Wildman–Crippen MR) is 41.1 cm³/mol. The zero-order chi connectivity index (χ0) is 7.40. The highest BCUT2D eigenvalue weighted by Gasteiger charge is 1.96. The first kappa shape index (κ1) is 7.29. The van der Waals surface area contributed by atoms with Gasteiger partial charge in [-0.25, -0.2) is 0 Å². The van der Waals surface area contributed by atoms with Crippen molar-refractivity contribution in [1.29, 1.82) is 0 Å². The Labute approximate surface area is 64.6 Å². The summed E-state index contributed by atoms with van der Waals surface area (Å²) in [4.78, 5) is 10.3. The van der Waals surface area contributed by atoms with E-state index in [1.165, 1.54) is 5.88 Å². The van der Waals surface area contributed by atoms with Gasteiger partial charge in [-0.15, -0.1) is 11.6 Å². The van der Waals surface area contributed by atoms with Crippen LogP contribution in [0.15, 0.2) is 24.3 Å². The summed E-state index contributed by atoms with van der Waals surface area (Å²) in [7, 11) is 0. The fraction of sp³-hybridized carbons (Fsp3) is 0. The van der Waals surface area contributed by atoms with Crippen LogP contribution in [0.4, 0.5) is 0 Å². The van der Waals surface area contributed by atoms with Gasteiger partial charge in [0.05, 0.1) is 5.88 Å². The van der Waals surface area contributed by atoms with Crippen molar-refractivity contribution < 1.29 is 4.79 Å². The fourth-order valence-electron chi connectivity index (χ4n) is 0.718. The van der Waals surface area contributed by atoms with Crippen molar-refractivity contribution in [3.63, 3.8) is 0 Å². The first-order chi connectivity index (χ1) is 4.88. The molecule has 0 aliphatic rings. The lowest BCUT2D eigenvalue weighted by atomic mass is 10.1. The molecule has 51 valence electrons. The van der Waals surface area contributed by atoms with E-state index < -0.39 is 0 Å². The molecule has 0 fully saturated rings. The van der Waals surface area contributed by atoms with Gasteiger partial charge in [0.15, 0.2) is 0 Å². The Bertz CT molecular complexity index is 232. The van der Waals surface area contributed by atoms with Crippen LogP contribution in [0.5, 0.6) is 0 Å². The number of carbonyl (C=O) groups is 1. The van der Waals surface area contributed by atoms with Crippen molar-refractivity contribution in [2.45, 2.75) is 0 Å². The summed E-state index contributed by atoms with van der Waals surface area (Å²) >= 11 is 5.43. The van der Waals surface area contributed by atoms with Crippen LogP contribution in [0, 0.1) is 5.88 Å². The number of aldehydes is 1. The van der Waals surface area contributed by atoms with Crippen molar-refractivity contribution in [2.24, 2.45) is 0 Å². The molecule has 0 saturated heterocycles. The average Bonchev–Trinajstić information content (AvgIpc) is 2.04. The van der Waals surface area contributed by atoms with E-state index >= 15 is 0 Å². The molecule has 0 spiro atoms. The van der Waals surface area contributed by atoms with E-state index in [2.05, 4.69) is 0 Å². The smallest absolute Gasteiger partial charge is 0.150 e. The van der Waals surface area contributed by atoms with Crippen molar-refractivity contribution in [1.82, 2.24) is 0 Å². The summed E-state index contributed by atoms with van der Waals surface area (Å²) in [5, 5.41) is 0. The number of hydrogen-bond donors (Lipinski definition) is 0. The molecule has 1 aromatic carbocycles. The molecule has 0 aliphatic heterocycles. The number of hydrogen-bond acceptors (Lipinski definition) is 1. The van der Waals surface area contributed by atoms with E-state index in [1.54, 1.807) is 18.2 Å². The van der Waals surface area contributed by atoms with Gasteiger partial charge in [0.1, 0.15) is 6.29 Å². The Morgan fingerprint density at radius 2 is 1.80 bits per heavy atom. The van der Waals surface area contributed by atoms with Crippen LogP contribution < -0.4 is 0 Å². The van der Waals surface area contributed by atoms with Crippen LogP contribution in [-0.2, 0) is 0 Å². The Hall–Kier alpha value is -0.820. The molecule has 1 nitrogen and oxygen atoms in total. The van der Waals surface area contributed by atoms with Crippen molar-refractivity contribution >= 4 is 17.9 Å². The predicted octanol–water partition coefficient (Wildman–Crippen LogP) is 2.25. The average molecular weight is 154 g/mol. The van der Waals surface area contributed by atoms with Gasteiger partial charge in [-0.05, 0) is 5.56 Å². The Morgan fingerprint density at radius 1 is 1.20 bits per heavy atom. The summed E-state index contributed by atoms with van der Waals surface area (Å²) in [6.45, 7) is 0. The molecule has 0 bridgehead atoms. The molecule has 1 rings (SSSR count). The first-order valence-electron chi connectivity index (χ1n) is 2.86.